The summed E-state index contributed by atoms with van der Waals surface area (Å²) < 4.78 is 0. The van der Waals surface area contributed by atoms with E-state index in [0.717, 1.165) is 24.1 Å². The summed E-state index contributed by atoms with van der Waals surface area (Å²) >= 11 is 11.9. The molecule has 2 nitrogen and oxygen atoms in total. The minimum Gasteiger partial charge on any atom is -0.297 e. The molecule has 0 heterocycles. The summed E-state index contributed by atoms with van der Waals surface area (Å²) in [7, 11) is 2.82. The number of hydrogen-bond donors (Lipinski definition) is 1. The van der Waals surface area contributed by atoms with Crippen molar-refractivity contribution < 1.29 is 4.84 Å². The average molecular weight is 342 g/mol. The number of rotatable bonds is 7. The van der Waals surface area contributed by atoms with E-state index < -0.39 is 0 Å². The van der Waals surface area contributed by atoms with E-state index in [1.54, 1.807) is 0 Å². The van der Waals surface area contributed by atoms with Gasteiger partial charge in [-0.3, -0.25) is 4.84 Å². The van der Waals surface area contributed by atoms with Crippen LogP contribution in [-0.2, 0) is 11.4 Å². The van der Waals surface area contributed by atoms with Crippen molar-refractivity contribution in [3.8, 4) is 0 Å². The maximum Gasteiger partial charge on any atom is 0.0933 e. The standard InChI is InChI=1S/C16H18Cl2NOP/c17-14-7-6-13(10-15(14)18)16(21)8-9-19-20-11-12-4-2-1-3-5-12/h1-7,10,16,19H,8-9,11,21H2. The summed E-state index contributed by atoms with van der Waals surface area (Å²) in [6.45, 7) is 1.33. The van der Waals surface area contributed by atoms with Crippen molar-refractivity contribution in [1.29, 1.82) is 0 Å². The minimum atomic E-state index is 0.313. The lowest BCUT2D eigenvalue weighted by Gasteiger charge is -2.13. The van der Waals surface area contributed by atoms with Crippen molar-refractivity contribution in [3.63, 3.8) is 0 Å². The molecule has 2 rings (SSSR count). The van der Waals surface area contributed by atoms with Crippen molar-refractivity contribution in [2.75, 3.05) is 6.54 Å². The van der Waals surface area contributed by atoms with E-state index in [0.29, 0.717) is 22.3 Å². The van der Waals surface area contributed by atoms with Crippen LogP contribution in [0.15, 0.2) is 48.5 Å². The van der Waals surface area contributed by atoms with Crippen LogP contribution in [0, 0.1) is 0 Å². The Morgan fingerprint density at radius 2 is 1.81 bits per heavy atom. The smallest absolute Gasteiger partial charge is 0.0933 e. The summed E-state index contributed by atoms with van der Waals surface area (Å²) in [5.74, 6) is 0. The molecular weight excluding hydrogens is 324 g/mol. The van der Waals surface area contributed by atoms with Crippen molar-refractivity contribution in [2.45, 2.75) is 18.7 Å². The van der Waals surface area contributed by atoms with Crippen LogP contribution in [0.5, 0.6) is 0 Å². The number of benzene rings is 2. The number of hydrogen-bond acceptors (Lipinski definition) is 2. The molecule has 0 aliphatic heterocycles. The lowest BCUT2D eigenvalue weighted by Crippen LogP contribution is -2.17. The molecule has 0 aliphatic carbocycles. The molecule has 0 bridgehead atoms. The Bertz CT molecular complexity index is 565. The molecule has 0 amide bonds. The summed E-state index contributed by atoms with van der Waals surface area (Å²) in [5, 5.41) is 1.18. The van der Waals surface area contributed by atoms with Crippen LogP contribution < -0.4 is 5.48 Å². The largest absolute Gasteiger partial charge is 0.297 e. The molecule has 0 fully saturated rings. The Balaban J connectivity index is 1.69. The van der Waals surface area contributed by atoms with E-state index in [2.05, 4.69) is 14.7 Å². The Hall–Kier alpha value is -0.630. The van der Waals surface area contributed by atoms with Gasteiger partial charge in [0.1, 0.15) is 0 Å². The maximum atomic E-state index is 6.03. The summed E-state index contributed by atoms with van der Waals surface area (Å²) in [6, 6.07) is 15.8. The zero-order valence-electron chi connectivity index (χ0n) is 11.6. The molecule has 0 aliphatic rings. The highest BCUT2D eigenvalue weighted by Crippen LogP contribution is 2.31. The predicted molar refractivity (Wildman–Crippen MR) is 92.8 cm³/mol. The summed E-state index contributed by atoms with van der Waals surface area (Å²) in [6.07, 6.45) is 0.928. The van der Waals surface area contributed by atoms with Gasteiger partial charge < -0.3 is 0 Å². The molecule has 0 aromatic heterocycles. The average Bonchev–Trinajstić information content (AvgIpc) is 2.50. The van der Waals surface area contributed by atoms with E-state index in [1.165, 1.54) is 0 Å². The molecule has 0 saturated carbocycles. The topological polar surface area (TPSA) is 21.3 Å². The molecule has 2 atom stereocenters. The minimum absolute atomic E-state index is 0.313. The van der Waals surface area contributed by atoms with Gasteiger partial charge in [-0.15, -0.1) is 9.24 Å². The van der Waals surface area contributed by atoms with Gasteiger partial charge in [-0.05, 0) is 35.3 Å². The molecule has 0 radical (unpaired) electrons. The van der Waals surface area contributed by atoms with Gasteiger partial charge in [0.15, 0.2) is 0 Å². The van der Waals surface area contributed by atoms with Crippen LogP contribution in [0.3, 0.4) is 0 Å². The third kappa shape index (κ3) is 5.58. The second-order valence-corrected chi connectivity index (χ2v) is 6.36. The lowest BCUT2D eigenvalue weighted by molar-refractivity contribution is 0.0275. The van der Waals surface area contributed by atoms with Gasteiger partial charge in [-0.1, -0.05) is 59.6 Å². The van der Waals surface area contributed by atoms with Crippen LogP contribution in [-0.4, -0.2) is 6.54 Å². The number of halogens is 2. The molecular formula is C16H18Cl2NOP. The fourth-order valence-corrected chi connectivity index (χ4v) is 2.59. The first kappa shape index (κ1) is 16.7. The molecule has 0 spiro atoms. The van der Waals surface area contributed by atoms with Crippen LogP contribution in [0.1, 0.15) is 23.2 Å². The number of nitrogens with one attached hydrogen (secondary N) is 1. The second-order valence-electron chi connectivity index (χ2n) is 4.74. The molecule has 0 saturated heterocycles. The highest BCUT2D eigenvalue weighted by molar-refractivity contribution is 7.17. The van der Waals surface area contributed by atoms with Gasteiger partial charge in [0.05, 0.1) is 16.7 Å². The first-order valence-corrected chi connectivity index (χ1v) is 8.18. The molecule has 2 aromatic rings. The fraction of sp³-hybridized carbons (Fsp3) is 0.250. The van der Waals surface area contributed by atoms with Gasteiger partial charge in [0.2, 0.25) is 0 Å². The molecule has 5 heteroatoms. The highest BCUT2D eigenvalue weighted by atomic mass is 35.5. The van der Waals surface area contributed by atoms with Gasteiger partial charge in [0, 0.05) is 6.54 Å². The Kier molecular flexibility index (Phi) is 6.95. The summed E-state index contributed by atoms with van der Waals surface area (Å²) in [4.78, 5) is 5.44. The Morgan fingerprint density at radius 1 is 1.05 bits per heavy atom. The van der Waals surface area contributed by atoms with Crippen LogP contribution in [0.25, 0.3) is 0 Å². The third-order valence-electron chi connectivity index (χ3n) is 3.11. The second kappa shape index (κ2) is 8.73. The fourth-order valence-electron chi connectivity index (χ4n) is 1.90. The monoisotopic (exact) mass is 341 g/mol. The van der Waals surface area contributed by atoms with E-state index in [9.17, 15) is 0 Å². The normalized spacial score (nSPS) is 12.3. The molecule has 2 aromatic carbocycles. The van der Waals surface area contributed by atoms with Crippen molar-refractivity contribution in [1.82, 2.24) is 5.48 Å². The van der Waals surface area contributed by atoms with Gasteiger partial charge in [0.25, 0.3) is 0 Å². The number of hydroxylamine groups is 1. The SMILES string of the molecule is PC(CCNOCc1ccccc1)c1ccc(Cl)c(Cl)c1. The van der Waals surface area contributed by atoms with E-state index >= 15 is 0 Å². The lowest BCUT2D eigenvalue weighted by atomic mass is 10.1. The Morgan fingerprint density at radius 3 is 2.52 bits per heavy atom. The predicted octanol–water partition coefficient (Wildman–Crippen LogP) is 5.02. The molecule has 1 N–H and O–H groups in total. The van der Waals surface area contributed by atoms with Gasteiger partial charge in [-0.2, -0.15) is 0 Å². The zero-order chi connectivity index (χ0) is 15.1. The molecule has 2 unspecified atom stereocenters. The van der Waals surface area contributed by atoms with E-state index in [-0.39, 0.29) is 0 Å². The molecule has 112 valence electrons. The maximum absolute atomic E-state index is 6.03. The quantitative estimate of drug-likeness (QED) is 0.433. The molecule has 21 heavy (non-hydrogen) atoms. The zero-order valence-corrected chi connectivity index (χ0v) is 14.2. The van der Waals surface area contributed by atoms with E-state index in [1.807, 2.05) is 48.5 Å². The first-order valence-electron chi connectivity index (χ1n) is 6.76. The highest BCUT2D eigenvalue weighted by Gasteiger charge is 2.07. The van der Waals surface area contributed by atoms with Crippen LogP contribution in [0.2, 0.25) is 10.0 Å². The first-order chi connectivity index (χ1) is 10.2. The van der Waals surface area contributed by atoms with Crippen molar-refractivity contribution in [2.24, 2.45) is 0 Å². The van der Waals surface area contributed by atoms with Crippen molar-refractivity contribution in [3.05, 3.63) is 69.7 Å². The third-order valence-corrected chi connectivity index (χ3v) is 4.57. The van der Waals surface area contributed by atoms with Gasteiger partial charge in [-0.25, -0.2) is 5.48 Å². The van der Waals surface area contributed by atoms with E-state index in [4.69, 9.17) is 28.0 Å². The van der Waals surface area contributed by atoms with Crippen LogP contribution >= 0.6 is 32.4 Å². The Labute approximate surface area is 138 Å². The van der Waals surface area contributed by atoms with Crippen molar-refractivity contribution >= 4 is 32.4 Å². The van der Waals surface area contributed by atoms with Gasteiger partial charge >= 0.3 is 0 Å². The summed E-state index contributed by atoms with van der Waals surface area (Å²) in [5.41, 5.74) is 5.60. The van der Waals surface area contributed by atoms with Crippen LogP contribution in [0.4, 0.5) is 0 Å².